The number of hydrogen-bond acceptors (Lipinski definition) is 10. The van der Waals surface area contributed by atoms with Gasteiger partial charge in [-0.15, -0.1) is 0 Å². The predicted molar refractivity (Wildman–Crippen MR) is 130 cm³/mol. The smallest absolute Gasteiger partial charge is 0.471 e. The van der Waals surface area contributed by atoms with Gasteiger partial charge in [0.25, 0.3) is 0 Å². The molecule has 0 aromatic heterocycles. The lowest BCUT2D eigenvalue weighted by molar-refractivity contribution is -0.245. The molecule has 1 fully saturated rings. The number of aliphatic hydroxyl groups is 1. The number of phenolic OH excluding ortho intramolecular Hbond substituents is 2. The molecule has 5 rings (SSSR count). The lowest BCUT2D eigenvalue weighted by atomic mass is 9.76. The molecule has 2 aliphatic carbocycles. The Bertz CT molecular complexity index is 1490. The molecule has 41 heavy (non-hydrogen) atoms. The number of methoxy groups -OCH3 is 1. The van der Waals surface area contributed by atoms with E-state index in [1.54, 1.807) is 5.32 Å². The number of ketones is 3. The number of ether oxygens (including phenoxy) is 3. The molecule has 4 unspecified atom stereocenters. The van der Waals surface area contributed by atoms with Crippen LogP contribution in [0, 0.1) is 0 Å². The van der Waals surface area contributed by atoms with E-state index in [9.17, 15) is 47.7 Å². The number of aromatic hydroxyl groups is 2. The summed E-state index contributed by atoms with van der Waals surface area (Å²) >= 11 is 0. The van der Waals surface area contributed by atoms with E-state index < -0.39 is 95.5 Å². The molecule has 2 aromatic carbocycles. The summed E-state index contributed by atoms with van der Waals surface area (Å²) in [7, 11) is 1.29. The average molecular weight is 579 g/mol. The van der Waals surface area contributed by atoms with E-state index in [2.05, 4.69) is 0 Å². The van der Waals surface area contributed by atoms with Gasteiger partial charge in [0.15, 0.2) is 12.1 Å². The molecule has 0 radical (unpaired) electrons. The van der Waals surface area contributed by atoms with Crippen LogP contribution in [-0.4, -0.2) is 76.4 Å². The standard InChI is InChI=1S/C27H24F3NO10/c1-9-21(33)13(31-26(38)27(28,29)30)8-16(40-9)41-15-7-10(32)6-12-18(15)25(37)20-19(23(12)35)22(34)11-4-3-5-14(39-2)17(11)24(20)36/h3-5,9,13,15-16,21,33,35,37H,6-8H2,1-2H3,(H,31,38)/t9?,13?,15-,16?,21?/m0/s1. The zero-order valence-corrected chi connectivity index (χ0v) is 21.6. The maximum absolute atomic E-state index is 13.6. The van der Waals surface area contributed by atoms with Crippen molar-refractivity contribution in [3.8, 4) is 17.2 Å². The molecule has 2 aromatic rings. The Morgan fingerprint density at radius 1 is 1.07 bits per heavy atom. The number of phenols is 2. The Balaban J connectivity index is 1.53. The summed E-state index contributed by atoms with van der Waals surface area (Å²) in [6.07, 6.45) is -11.8. The maximum atomic E-state index is 13.6. The van der Waals surface area contributed by atoms with Crippen LogP contribution in [0.15, 0.2) is 18.2 Å². The first-order valence-corrected chi connectivity index (χ1v) is 12.5. The molecule has 0 bridgehead atoms. The number of rotatable bonds is 4. The van der Waals surface area contributed by atoms with Crippen LogP contribution in [0.25, 0.3) is 0 Å². The first-order chi connectivity index (χ1) is 19.2. The number of carbonyl (C=O) groups excluding carboxylic acids is 4. The number of hydrogen-bond donors (Lipinski definition) is 4. The van der Waals surface area contributed by atoms with Crippen molar-refractivity contribution in [1.82, 2.24) is 5.32 Å². The van der Waals surface area contributed by atoms with Gasteiger partial charge in [0.05, 0.1) is 42.0 Å². The maximum Gasteiger partial charge on any atom is 0.471 e. The van der Waals surface area contributed by atoms with Gasteiger partial charge in [0.1, 0.15) is 29.1 Å². The Kier molecular flexibility index (Phi) is 7.04. The van der Waals surface area contributed by atoms with Crippen molar-refractivity contribution in [1.29, 1.82) is 0 Å². The van der Waals surface area contributed by atoms with Crippen molar-refractivity contribution >= 4 is 23.3 Å². The second-order valence-corrected chi connectivity index (χ2v) is 10.00. The highest BCUT2D eigenvalue weighted by molar-refractivity contribution is 6.31. The first kappa shape index (κ1) is 28.5. The highest BCUT2D eigenvalue weighted by Crippen LogP contribution is 2.50. The van der Waals surface area contributed by atoms with Gasteiger partial charge in [-0.2, -0.15) is 13.2 Å². The van der Waals surface area contributed by atoms with E-state index in [4.69, 9.17) is 14.2 Å². The summed E-state index contributed by atoms with van der Waals surface area (Å²) in [5.41, 5.74) is -1.52. The molecule has 3 aliphatic rings. The van der Waals surface area contributed by atoms with Crippen molar-refractivity contribution in [2.45, 2.75) is 63.0 Å². The molecular formula is C27H24F3NO10. The van der Waals surface area contributed by atoms with E-state index in [1.807, 2.05) is 0 Å². The number of Topliss-reactive ketones (excluding diaryl/α,β-unsaturated/α-hetero) is 1. The molecule has 5 atom stereocenters. The third kappa shape index (κ3) is 4.71. The van der Waals surface area contributed by atoms with Crippen molar-refractivity contribution in [3.05, 3.63) is 51.6 Å². The third-order valence-electron chi connectivity index (χ3n) is 7.47. The summed E-state index contributed by atoms with van der Waals surface area (Å²) in [4.78, 5) is 51.1. The zero-order valence-electron chi connectivity index (χ0n) is 21.6. The number of fused-ring (bicyclic) bond motifs is 3. The number of amides is 1. The summed E-state index contributed by atoms with van der Waals surface area (Å²) in [6.45, 7) is 1.34. The molecule has 4 N–H and O–H groups in total. The molecule has 1 aliphatic heterocycles. The summed E-state index contributed by atoms with van der Waals surface area (Å²) < 4.78 is 55.1. The van der Waals surface area contributed by atoms with Gasteiger partial charge in [0.2, 0.25) is 5.78 Å². The van der Waals surface area contributed by atoms with E-state index in [0.717, 1.165) is 0 Å². The Morgan fingerprint density at radius 2 is 1.76 bits per heavy atom. The highest BCUT2D eigenvalue weighted by Gasteiger charge is 2.46. The van der Waals surface area contributed by atoms with Gasteiger partial charge in [-0.05, 0) is 13.0 Å². The second kappa shape index (κ2) is 10.1. The lowest BCUT2D eigenvalue weighted by Gasteiger charge is -2.40. The number of aliphatic hydroxyl groups excluding tert-OH is 1. The fourth-order valence-corrected chi connectivity index (χ4v) is 5.55. The number of benzene rings is 2. The molecule has 1 saturated heterocycles. The van der Waals surface area contributed by atoms with Crippen LogP contribution in [0.1, 0.15) is 68.8 Å². The van der Waals surface area contributed by atoms with E-state index in [1.165, 1.54) is 32.2 Å². The Labute approximate surface area is 229 Å². The molecular weight excluding hydrogens is 555 g/mol. The minimum Gasteiger partial charge on any atom is -0.507 e. The predicted octanol–water partition coefficient (Wildman–Crippen LogP) is 2.00. The fraction of sp³-hybridized carbons (Fsp3) is 0.407. The third-order valence-corrected chi connectivity index (χ3v) is 7.47. The van der Waals surface area contributed by atoms with Crippen LogP contribution < -0.4 is 10.1 Å². The Hall–Kier alpha value is -4.01. The summed E-state index contributed by atoms with van der Waals surface area (Å²) in [5, 5.41) is 34.5. The van der Waals surface area contributed by atoms with Gasteiger partial charge in [-0.25, -0.2) is 0 Å². The number of alkyl halides is 3. The molecule has 1 heterocycles. The number of halogens is 3. The van der Waals surface area contributed by atoms with Crippen molar-refractivity contribution in [3.63, 3.8) is 0 Å². The van der Waals surface area contributed by atoms with Gasteiger partial charge in [0, 0.05) is 36.0 Å². The summed E-state index contributed by atoms with van der Waals surface area (Å²) in [5.74, 6) is -5.70. The molecule has 0 saturated carbocycles. The topological polar surface area (TPSA) is 169 Å². The van der Waals surface area contributed by atoms with Gasteiger partial charge < -0.3 is 34.8 Å². The van der Waals surface area contributed by atoms with E-state index >= 15 is 0 Å². The minimum absolute atomic E-state index is 0.0567. The monoisotopic (exact) mass is 579 g/mol. The second-order valence-electron chi connectivity index (χ2n) is 10.00. The van der Waals surface area contributed by atoms with Crippen LogP contribution in [0.5, 0.6) is 17.2 Å². The van der Waals surface area contributed by atoms with Crippen molar-refractivity contribution in [2.24, 2.45) is 0 Å². The van der Waals surface area contributed by atoms with Crippen LogP contribution in [-0.2, 0) is 25.5 Å². The molecule has 0 spiro atoms. The zero-order chi connectivity index (χ0) is 30.0. The average Bonchev–Trinajstić information content (AvgIpc) is 2.90. The van der Waals surface area contributed by atoms with Gasteiger partial charge >= 0.3 is 12.1 Å². The number of carbonyl (C=O) groups is 4. The SMILES string of the molecule is COc1cccc2c1C(=O)c1c(O)c3c(c(O)c1C2=O)CC(=O)C[C@@H]3OC1CC(NC(=O)C(F)(F)F)C(O)C(C)O1. The van der Waals surface area contributed by atoms with E-state index in [-0.39, 0.29) is 34.4 Å². The number of nitrogens with one attached hydrogen (secondary N) is 1. The summed E-state index contributed by atoms with van der Waals surface area (Å²) in [6, 6.07) is 2.84. The van der Waals surface area contributed by atoms with Crippen LogP contribution >= 0.6 is 0 Å². The largest absolute Gasteiger partial charge is 0.507 e. The van der Waals surface area contributed by atoms with Gasteiger partial charge in [-0.1, -0.05) is 12.1 Å². The van der Waals surface area contributed by atoms with E-state index in [0.29, 0.717) is 0 Å². The molecule has 1 amide bonds. The van der Waals surface area contributed by atoms with Crippen LogP contribution in [0.3, 0.4) is 0 Å². The van der Waals surface area contributed by atoms with Crippen LogP contribution in [0.2, 0.25) is 0 Å². The Morgan fingerprint density at radius 3 is 2.41 bits per heavy atom. The first-order valence-electron chi connectivity index (χ1n) is 12.5. The minimum atomic E-state index is -5.21. The van der Waals surface area contributed by atoms with Crippen molar-refractivity contribution < 1.29 is 61.9 Å². The lowest BCUT2D eigenvalue weighted by Crippen LogP contribution is -2.57. The molecule has 14 heteroatoms. The highest BCUT2D eigenvalue weighted by atomic mass is 19.4. The normalized spacial score (nSPS) is 25.7. The van der Waals surface area contributed by atoms with Crippen LogP contribution in [0.4, 0.5) is 13.2 Å². The van der Waals surface area contributed by atoms with Gasteiger partial charge in [-0.3, -0.25) is 19.2 Å². The molecule has 11 nitrogen and oxygen atoms in total. The molecule has 218 valence electrons. The fourth-order valence-electron chi connectivity index (χ4n) is 5.55. The van der Waals surface area contributed by atoms with Crippen molar-refractivity contribution in [2.75, 3.05) is 7.11 Å². The quantitative estimate of drug-likeness (QED) is 0.336.